The average molecular weight is 585 g/mol. The molecule has 0 amide bonds. The third-order valence-electron chi connectivity index (χ3n) is 6.93. The van der Waals surface area contributed by atoms with Crippen molar-refractivity contribution in [3.05, 3.63) is 106 Å². The summed E-state index contributed by atoms with van der Waals surface area (Å²) in [6, 6.07) is 23.1. The molecule has 1 aromatic heterocycles. The van der Waals surface area contributed by atoms with Gasteiger partial charge in [-0.1, -0.05) is 53.5 Å². The molecule has 0 spiro atoms. The van der Waals surface area contributed by atoms with Gasteiger partial charge in [0.2, 0.25) is 10.0 Å². The van der Waals surface area contributed by atoms with Gasteiger partial charge in [0.15, 0.2) is 0 Å². The summed E-state index contributed by atoms with van der Waals surface area (Å²) >= 11 is 12.5. The number of methoxy groups -OCH3 is 1. The Morgan fingerprint density at radius 1 is 0.949 bits per heavy atom. The first kappa shape index (κ1) is 27.4. The zero-order valence-corrected chi connectivity index (χ0v) is 23.6. The molecule has 0 radical (unpaired) electrons. The minimum Gasteiger partial charge on any atom is -0.465 e. The molecule has 202 valence electrons. The number of esters is 1. The number of rotatable bonds is 7. The smallest absolute Gasteiger partial charge is 0.337 e. The molecule has 10 heteroatoms. The van der Waals surface area contributed by atoms with Crippen molar-refractivity contribution < 1.29 is 17.9 Å². The van der Waals surface area contributed by atoms with Gasteiger partial charge in [0, 0.05) is 40.3 Å². The van der Waals surface area contributed by atoms with Gasteiger partial charge in [0.1, 0.15) is 0 Å². The second kappa shape index (κ2) is 11.5. The lowest BCUT2D eigenvalue weighted by molar-refractivity contribution is 0.0600. The Morgan fingerprint density at radius 2 is 1.59 bits per heavy atom. The lowest BCUT2D eigenvalue weighted by atomic mass is 9.93. The van der Waals surface area contributed by atoms with E-state index >= 15 is 0 Å². The number of hydrogen-bond acceptors (Lipinski definition) is 5. The second-order valence-electron chi connectivity index (χ2n) is 9.45. The van der Waals surface area contributed by atoms with Gasteiger partial charge in [-0.25, -0.2) is 13.2 Å². The average Bonchev–Trinajstić information content (AvgIpc) is 3.37. The molecule has 1 fully saturated rings. The van der Waals surface area contributed by atoms with Gasteiger partial charge in [-0.2, -0.15) is 9.40 Å². The van der Waals surface area contributed by atoms with Gasteiger partial charge < -0.3 is 4.74 Å². The van der Waals surface area contributed by atoms with Crippen LogP contribution in [0.4, 0.5) is 0 Å². The maximum atomic E-state index is 13.1. The maximum absolute atomic E-state index is 13.1. The fourth-order valence-corrected chi connectivity index (χ4v) is 6.92. The van der Waals surface area contributed by atoms with Gasteiger partial charge in [-0.3, -0.25) is 4.68 Å². The first-order chi connectivity index (χ1) is 18.7. The Balaban J connectivity index is 1.43. The summed E-state index contributed by atoms with van der Waals surface area (Å²) in [5, 5.41) is 5.94. The van der Waals surface area contributed by atoms with Crippen molar-refractivity contribution in [2.24, 2.45) is 0 Å². The zero-order chi connectivity index (χ0) is 27.6. The van der Waals surface area contributed by atoms with E-state index in [4.69, 9.17) is 33.0 Å². The lowest BCUT2D eigenvalue weighted by Crippen LogP contribution is -2.38. The number of ether oxygens (including phenoxy) is 1. The molecule has 0 N–H and O–H groups in total. The molecule has 3 aromatic carbocycles. The van der Waals surface area contributed by atoms with Crippen molar-refractivity contribution in [2.75, 3.05) is 20.2 Å². The molecule has 7 nitrogen and oxygen atoms in total. The van der Waals surface area contributed by atoms with Gasteiger partial charge >= 0.3 is 5.97 Å². The monoisotopic (exact) mass is 583 g/mol. The highest BCUT2D eigenvalue weighted by atomic mass is 35.5. The third-order valence-corrected chi connectivity index (χ3v) is 9.28. The molecule has 0 unspecified atom stereocenters. The molecule has 1 aliphatic heterocycles. The fraction of sp³-hybridized carbons (Fsp3) is 0.241. The van der Waals surface area contributed by atoms with E-state index in [2.05, 4.69) is 0 Å². The molecule has 2 heterocycles. The van der Waals surface area contributed by atoms with E-state index in [0.29, 0.717) is 53.0 Å². The van der Waals surface area contributed by atoms with Gasteiger partial charge in [-0.05, 0) is 66.9 Å². The van der Waals surface area contributed by atoms with Crippen LogP contribution < -0.4 is 0 Å². The summed E-state index contributed by atoms with van der Waals surface area (Å²) in [5.74, 6) is -0.281. The van der Waals surface area contributed by atoms with E-state index in [0.717, 1.165) is 22.5 Å². The standard InChI is InChI=1S/C29H27Cl2N3O4S/c1-38-29(35)22-9-7-20(8-10-22)19-34-28(18-27(32-34)23-15-24(30)17-25(31)16-23)21-11-13-33(14-12-21)39(36,37)26-5-3-2-4-6-26/h2-10,15-18,21H,11-14,19H2,1H3. The van der Waals surface area contributed by atoms with Crippen LogP contribution in [0.5, 0.6) is 0 Å². The molecule has 0 bridgehead atoms. The number of nitrogens with zero attached hydrogens (tertiary/aromatic N) is 3. The minimum atomic E-state index is -3.54. The van der Waals surface area contributed by atoms with E-state index < -0.39 is 16.0 Å². The van der Waals surface area contributed by atoms with E-state index in [1.165, 1.54) is 7.11 Å². The van der Waals surface area contributed by atoms with Crippen molar-refractivity contribution in [2.45, 2.75) is 30.2 Å². The summed E-state index contributed by atoms with van der Waals surface area (Å²) in [5.41, 5.74) is 3.99. The van der Waals surface area contributed by atoms with E-state index in [1.807, 2.05) is 35.0 Å². The van der Waals surface area contributed by atoms with Crippen LogP contribution >= 0.6 is 23.2 Å². The summed E-state index contributed by atoms with van der Waals surface area (Å²) in [4.78, 5) is 12.1. The maximum Gasteiger partial charge on any atom is 0.337 e. The highest BCUT2D eigenvalue weighted by molar-refractivity contribution is 7.89. The quantitative estimate of drug-likeness (QED) is 0.240. The third kappa shape index (κ3) is 6.04. The molecule has 39 heavy (non-hydrogen) atoms. The van der Waals surface area contributed by atoms with Crippen molar-refractivity contribution >= 4 is 39.2 Å². The number of halogens is 2. The van der Waals surface area contributed by atoms with E-state index in [1.54, 1.807) is 52.8 Å². The number of hydrogen-bond donors (Lipinski definition) is 0. The van der Waals surface area contributed by atoms with Gasteiger partial charge in [-0.15, -0.1) is 0 Å². The number of carbonyl (C=O) groups is 1. The molecule has 0 atom stereocenters. The van der Waals surface area contributed by atoms with Crippen molar-refractivity contribution in [3.8, 4) is 11.3 Å². The predicted molar refractivity (Wildman–Crippen MR) is 152 cm³/mol. The van der Waals surface area contributed by atoms with Crippen LogP contribution in [0.2, 0.25) is 10.0 Å². The number of benzene rings is 3. The van der Waals surface area contributed by atoms with Crippen LogP contribution in [-0.2, 0) is 21.3 Å². The Hall–Kier alpha value is -3.17. The highest BCUT2D eigenvalue weighted by Gasteiger charge is 2.31. The van der Waals surface area contributed by atoms with Crippen LogP contribution in [0.25, 0.3) is 11.3 Å². The normalized spacial score (nSPS) is 14.8. The Kier molecular flexibility index (Phi) is 8.09. The summed E-state index contributed by atoms with van der Waals surface area (Å²) in [6.45, 7) is 1.31. The molecule has 0 aliphatic carbocycles. The van der Waals surface area contributed by atoms with E-state index in [9.17, 15) is 13.2 Å². The topological polar surface area (TPSA) is 81.5 Å². The number of carbonyl (C=O) groups excluding carboxylic acids is 1. The molecule has 4 aromatic rings. The van der Waals surface area contributed by atoms with Crippen LogP contribution in [0.1, 0.15) is 40.4 Å². The van der Waals surface area contributed by atoms with E-state index in [-0.39, 0.29) is 5.92 Å². The Morgan fingerprint density at radius 3 is 2.21 bits per heavy atom. The van der Waals surface area contributed by atoms with Crippen molar-refractivity contribution in [3.63, 3.8) is 0 Å². The molecule has 5 rings (SSSR count). The largest absolute Gasteiger partial charge is 0.465 e. The summed E-state index contributed by atoms with van der Waals surface area (Å²) in [7, 11) is -2.19. The van der Waals surface area contributed by atoms with Crippen molar-refractivity contribution in [1.29, 1.82) is 0 Å². The zero-order valence-electron chi connectivity index (χ0n) is 21.3. The lowest BCUT2D eigenvalue weighted by Gasteiger charge is -2.31. The van der Waals surface area contributed by atoms with Crippen molar-refractivity contribution in [1.82, 2.24) is 14.1 Å². The number of piperidine rings is 1. The molecular weight excluding hydrogens is 557 g/mol. The fourth-order valence-electron chi connectivity index (χ4n) is 4.90. The highest BCUT2D eigenvalue weighted by Crippen LogP contribution is 2.34. The Bertz CT molecular complexity index is 1560. The molecule has 0 saturated carbocycles. The van der Waals surface area contributed by atoms with Crippen LogP contribution in [-0.4, -0.2) is 48.7 Å². The minimum absolute atomic E-state index is 0.109. The van der Waals surface area contributed by atoms with Crippen LogP contribution in [0.3, 0.4) is 0 Å². The number of aromatic nitrogens is 2. The van der Waals surface area contributed by atoms with Gasteiger partial charge in [0.25, 0.3) is 0 Å². The molecular formula is C29H27Cl2N3O4S. The second-order valence-corrected chi connectivity index (χ2v) is 12.3. The predicted octanol–water partition coefficient (Wildman–Crippen LogP) is 6.26. The summed E-state index contributed by atoms with van der Waals surface area (Å²) in [6.07, 6.45) is 1.32. The molecule has 1 aliphatic rings. The molecule has 1 saturated heterocycles. The Labute approximate surface area is 238 Å². The van der Waals surface area contributed by atoms with Gasteiger partial charge in [0.05, 0.1) is 29.8 Å². The first-order valence-corrected chi connectivity index (χ1v) is 14.7. The SMILES string of the molecule is COC(=O)c1ccc(Cn2nc(-c3cc(Cl)cc(Cl)c3)cc2C2CCN(S(=O)(=O)c3ccccc3)CC2)cc1. The first-order valence-electron chi connectivity index (χ1n) is 12.5. The number of sulfonamides is 1. The van der Waals surface area contributed by atoms with Crippen LogP contribution in [0.15, 0.2) is 83.8 Å². The summed E-state index contributed by atoms with van der Waals surface area (Å²) < 4.78 is 34.6. The van der Waals surface area contributed by atoms with Crippen LogP contribution in [0, 0.1) is 0 Å².